The molecule has 0 aliphatic rings. The number of rotatable bonds is 2. The van der Waals surface area contributed by atoms with Crippen molar-refractivity contribution < 1.29 is 9.53 Å². The quantitative estimate of drug-likeness (QED) is 0.793. The van der Waals surface area contributed by atoms with Gasteiger partial charge in [0.2, 0.25) is 0 Å². The molecule has 0 aliphatic carbocycles. The Hall–Kier alpha value is -2.30. The molecule has 2 aromatic rings. The normalized spacial score (nSPS) is 10.2. The zero-order valence-electron chi connectivity index (χ0n) is 9.56. The predicted octanol–water partition coefficient (Wildman–Crippen LogP) is 1.26. The van der Waals surface area contributed by atoms with Gasteiger partial charge in [-0.05, 0) is 19.1 Å². The summed E-state index contributed by atoms with van der Waals surface area (Å²) in [5, 5.41) is 2.70. The Kier molecular flexibility index (Phi) is 2.82. The van der Waals surface area contributed by atoms with Crippen molar-refractivity contribution in [1.29, 1.82) is 0 Å². The van der Waals surface area contributed by atoms with Gasteiger partial charge in [-0.1, -0.05) is 17.7 Å². The van der Waals surface area contributed by atoms with E-state index in [1.165, 1.54) is 17.9 Å². The Morgan fingerprint density at radius 2 is 1.94 bits per heavy atom. The van der Waals surface area contributed by atoms with Gasteiger partial charge in [-0.3, -0.25) is 9.89 Å². The highest BCUT2D eigenvalue weighted by Crippen LogP contribution is 2.06. The molecule has 5 nitrogen and oxygen atoms in total. The van der Waals surface area contributed by atoms with Crippen molar-refractivity contribution in [3.8, 4) is 5.69 Å². The smallest absolute Gasteiger partial charge is 0.356 e. The fourth-order valence-corrected chi connectivity index (χ4v) is 1.50. The van der Waals surface area contributed by atoms with Crippen LogP contribution < -0.4 is 5.56 Å². The molecule has 0 fully saturated rings. The first-order valence-electron chi connectivity index (χ1n) is 5.09. The summed E-state index contributed by atoms with van der Waals surface area (Å²) < 4.78 is 5.83. The molecule has 1 N–H and O–H groups in total. The summed E-state index contributed by atoms with van der Waals surface area (Å²) in [5.41, 5.74) is 1.62. The lowest BCUT2D eigenvalue weighted by Crippen LogP contribution is -2.13. The van der Waals surface area contributed by atoms with E-state index in [4.69, 9.17) is 0 Å². The fourth-order valence-electron chi connectivity index (χ4n) is 1.50. The average molecular weight is 232 g/mol. The van der Waals surface area contributed by atoms with Gasteiger partial charge in [0, 0.05) is 6.07 Å². The van der Waals surface area contributed by atoms with E-state index in [1.54, 1.807) is 12.1 Å². The monoisotopic (exact) mass is 232 g/mol. The number of nitrogens with one attached hydrogen (secondary N) is 1. The number of nitrogens with zero attached hydrogens (tertiary/aromatic N) is 1. The highest BCUT2D eigenvalue weighted by atomic mass is 16.5. The molecule has 0 unspecified atom stereocenters. The number of ether oxygens (including phenoxy) is 1. The van der Waals surface area contributed by atoms with Crippen LogP contribution in [-0.2, 0) is 4.74 Å². The highest BCUT2D eigenvalue weighted by molar-refractivity contribution is 5.86. The van der Waals surface area contributed by atoms with Gasteiger partial charge in [0.15, 0.2) is 0 Å². The van der Waals surface area contributed by atoms with Crippen LogP contribution in [0.2, 0.25) is 0 Å². The molecule has 0 atom stereocenters. The van der Waals surface area contributed by atoms with Gasteiger partial charge in [-0.15, -0.1) is 0 Å². The second-order valence-corrected chi connectivity index (χ2v) is 3.67. The second kappa shape index (κ2) is 4.29. The maximum absolute atomic E-state index is 11.7. The Labute approximate surface area is 97.6 Å². The van der Waals surface area contributed by atoms with E-state index in [9.17, 15) is 9.59 Å². The van der Waals surface area contributed by atoms with Crippen LogP contribution in [0.3, 0.4) is 0 Å². The number of methoxy groups -OCH3 is 1. The van der Waals surface area contributed by atoms with E-state index in [1.807, 2.05) is 19.1 Å². The summed E-state index contributed by atoms with van der Waals surface area (Å²) in [6, 6.07) is 8.59. The lowest BCUT2D eigenvalue weighted by Gasteiger charge is -2.02. The number of carbonyl (C=O) groups excluding carboxylic acids is 1. The van der Waals surface area contributed by atoms with Gasteiger partial charge in [0.1, 0.15) is 5.69 Å². The topological polar surface area (TPSA) is 64.1 Å². The molecule has 5 heteroatoms. The van der Waals surface area contributed by atoms with Crippen LogP contribution in [-0.4, -0.2) is 22.9 Å². The SMILES string of the molecule is COC(=O)c1cc(=O)n(-c2ccc(C)cc2)[nH]1. The number of aryl methyl sites for hydroxylation is 1. The summed E-state index contributed by atoms with van der Waals surface area (Å²) in [6.07, 6.45) is 0. The lowest BCUT2D eigenvalue weighted by molar-refractivity contribution is 0.0593. The zero-order valence-corrected chi connectivity index (χ0v) is 9.56. The highest BCUT2D eigenvalue weighted by Gasteiger charge is 2.11. The first kappa shape index (κ1) is 11.2. The Morgan fingerprint density at radius 3 is 2.53 bits per heavy atom. The summed E-state index contributed by atoms with van der Waals surface area (Å²) >= 11 is 0. The number of hydrogen-bond acceptors (Lipinski definition) is 3. The molecule has 0 amide bonds. The van der Waals surface area contributed by atoms with Gasteiger partial charge in [-0.25, -0.2) is 9.48 Å². The van der Waals surface area contributed by atoms with Gasteiger partial charge < -0.3 is 4.74 Å². The third-order valence-electron chi connectivity index (χ3n) is 2.42. The van der Waals surface area contributed by atoms with E-state index < -0.39 is 5.97 Å². The van der Waals surface area contributed by atoms with Crippen LogP contribution >= 0.6 is 0 Å². The number of H-pyrrole nitrogens is 1. The molecule has 88 valence electrons. The van der Waals surface area contributed by atoms with Crippen LogP contribution in [0.25, 0.3) is 5.69 Å². The van der Waals surface area contributed by atoms with Crippen molar-refractivity contribution in [3.63, 3.8) is 0 Å². The lowest BCUT2D eigenvalue weighted by atomic mass is 10.2. The fraction of sp³-hybridized carbons (Fsp3) is 0.167. The first-order valence-corrected chi connectivity index (χ1v) is 5.09. The molecule has 1 aromatic heterocycles. The molecule has 0 bridgehead atoms. The van der Waals surface area contributed by atoms with Crippen LogP contribution in [0.1, 0.15) is 16.1 Å². The molecule has 2 rings (SSSR count). The van der Waals surface area contributed by atoms with E-state index in [0.717, 1.165) is 5.56 Å². The van der Waals surface area contributed by atoms with E-state index in [2.05, 4.69) is 9.84 Å². The van der Waals surface area contributed by atoms with E-state index in [0.29, 0.717) is 5.69 Å². The Bertz CT molecular complexity index is 593. The predicted molar refractivity (Wildman–Crippen MR) is 62.5 cm³/mol. The van der Waals surface area contributed by atoms with Crippen molar-refractivity contribution in [2.75, 3.05) is 7.11 Å². The number of esters is 1. The van der Waals surface area contributed by atoms with Gasteiger partial charge in [0.25, 0.3) is 5.56 Å². The van der Waals surface area contributed by atoms with Gasteiger partial charge >= 0.3 is 5.97 Å². The third kappa shape index (κ3) is 2.13. The summed E-state index contributed by atoms with van der Waals surface area (Å²) in [7, 11) is 1.27. The van der Waals surface area contributed by atoms with Crippen molar-refractivity contribution in [2.45, 2.75) is 6.92 Å². The standard InChI is InChI=1S/C12H12N2O3/c1-8-3-5-9(6-4-8)14-11(15)7-10(13-14)12(16)17-2/h3-7,13H,1-2H3. The van der Waals surface area contributed by atoms with Crippen molar-refractivity contribution >= 4 is 5.97 Å². The largest absolute Gasteiger partial charge is 0.464 e. The molecule has 0 radical (unpaired) electrons. The molecular weight excluding hydrogens is 220 g/mol. The minimum absolute atomic E-state index is 0.137. The van der Waals surface area contributed by atoms with Crippen LogP contribution in [0.5, 0.6) is 0 Å². The Balaban J connectivity index is 2.46. The molecule has 0 saturated heterocycles. The number of carbonyl (C=O) groups is 1. The van der Waals surface area contributed by atoms with E-state index >= 15 is 0 Å². The number of hydrogen-bond donors (Lipinski definition) is 1. The summed E-state index contributed by atoms with van der Waals surface area (Å²) in [5.74, 6) is -0.562. The van der Waals surface area contributed by atoms with E-state index in [-0.39, 0.29) is 11.3 Å². The minimum Gasteiger partial charge on any atom is -0.464 e. The maximum Gasteiger partial charge on any atom is 0.356 e. The number of aromatic amines is 1. The van der Waals surface area contributed by atoms with Crippen LogP contribution in [0.4, 0.5) is 0 Å². The third-order valence-corrected chi connectivity index (χ3v) is 2.42. The number of aromatic nitrogens is 2. The van der Waals surface area contributed by atoms with Gasteiger partial charge in [-0.2, -0.15) is 0 Å². The van der Waals surface area contributed by atoms with Crippen molar-refractivity contribution in [1.82, 2.24) is 9.78 Å². The average Bonchev–Trinajstić information content (AvgIpc) is 2.71. The van der Waals surface area contributed by atoms with Gasteiger partial charge in [0.05, 0.1) is 12.8 Å². The molecule has 0 aliphatic heterocycles. The zero-order chi connectivity index (χ0) is 12.4. The van der Waals surface area contributed by atoms with Crippen molar-refractivity contribution in [2.24, 2.45) is 0 Å². The summed E-state index contributed by atoms with van der Waals surface area (Å²) in [4.78, 5) is 22.9. The minimum atomic E-state index is -0.562. The molecular formula is C12H12N2O3. The molecule has 1 aromatic carbocycles. The number of benzene rings is 1. The molecule has 1 heterocycles. The summed E-state index contributed by atoms with van der Waals surface area (Å²) in [6.45, 7) is 1.96. The first-order chi connectivity index (χ1) is 8.11. The molecule has 0 spiro atoms. The second-order valence-electron chi connectivity index (χ2n) is 3.67. The van der Waals surface area contributed by atoms with Crippen LogP contribution in [0.15, 0.2) is 35.1 Å². The van der Waals surface area contributed by atoms with Crippen molar-refractivity contribution in [3.05, 3.63) is 51.9 Å². The maximum atomic E-state index is 11.7. The molecule has 0 saturated carbocycles. The van der Waals surface area contributed by atoms with Crippen LogP contribution in [0, 0.1) is 6.92 Å². The molecule has 17 heavy (non-hydrogen) atoms. The Morgan fingerprint density at radius 1 is 1.29 bits per heavy atom.